The van der Waals surface area contributed by atoms with Crippen LogP contribution in [0.4, 0.5) is 10.8 Å². The normalized spacial score (nSPS) is 16.5. The zero-order valence-corrected chi connectivity index (χ0v) is 18.5. The van der Waals surface area contributed by atoms with Crippen LogP contribution in [-0.2, 0) is 5.54 Å². The highest BCUT2D eigenvalue weighted by Crippen LogP contribution is 2.44. The van der Waals surface area contributed by atoms with Gasteiger partial charge in [-0.3, -0.25) is 4.79 Å². The number of nitrogens with one attached hydrogen (secondary N) is 1. The minimum Gasteiger partial charge on any atom is -0.497 e. The van der Waals surface area contributed by atoms with E-state index >= 15 is 0 Å². The average molecular weight is 446 g/mol. The third-order valence-corrected chi connectivity index (χ3v) is 7.48. The van der Waals surface area contributed by atoms with Gasteiger partial charge < -0.3 is 25.3 Å². The molecule has 1 amide bonds. The number of amides is 1. The first kappa shape index (κ1) is 19.2. The van der Waals surface area contributed by atoms with E-state index in [4.69, 9.17) is 10.5 Å². The van der Waals surface area contributed by atoms with Gasteiger partial charge in [0.1, 0.15) is 5.75 Å². The van der Waals surface area contributed by atoms with E-state index < -0.39 is 0 Å². The molecule has 1 spiro atoms. The number of aromatic nitrogens is 2. The van der Waals surface area contributed by atoms with Crippen molar-refractivity contribution in [1.82, 2.24) is 14.5 Å². The second kappa shape index (κ2) is 7.00. The summed E-state index contributed by atoms with van der Waals surface area (Å²) in [6, 6.07) is 16.0. The molecule has 3 N–H and O–H groups in total. The number of rotatable bonds is 2. The number of hydrogen-bond donors (Lipinski definition) is 2. The molecule has 162 valence electrons. The van der Waals surface area contributed by atoms with E-state index in [9.17, 15) is 4.79 Å². The molecule has 32 heavy (non-hydrogen) atoms. The summed E-state index contributed by atoms with van der Waals surface area (Å²) in [5.74, 6) is 0.885. The summed E-state index contributed by atoms with van der Waals surface area (Å²) >= 11 is 1.41. The van der Waals surface area contributed by atoms with Crippen molar-refractivity contribution >= 4 is 38.3 Å². The highest BCUT2D eigenvalue weighted by atomic mass is 32.1. The fourth-order valence-corrected chi connectivity index (χ4v) is 5.76. The fourth-order valence-electron chi connectivity index (χ4n) is 4.99. The van der Waals surface area contributed by atoms with Gasteiger partial charge in [-0.2, -0.15) is 0 Å². The van der Waals surface area contributed by atoms with E-state index in [1.54, 1.807) is 7.11 Å². The smallest absolute Gasteiger partial charge is 0.253 e. The van der Waals surface area contributed by atoms with Crippen LogP contribution in [0.1, 0.15) is 28.9 Å². The van der Waals surface area contributed by atoms with Crippen LogP contribution in [0.3, 0.4) is 0 Å². The average Bonchev–Trinajstić information content (AvgIpc) is 3.45. The van der Waals surface area contributed by atoms with Crippen molar-refractivity contribution in [3.8, 4) is 11.4 Å². The summed E-state index contributed by atoms with van der Waals surface area (Å²) in [5, 5.41) is 4.32. The summed E-state index contributed by atoms with van der Waals surface area (Å²) in [4.78, 5) is 19.5. The Hall–Kier alpha value is -3.52. The number of hydrogen-bond acceptors (Lipinski definition) is 6. The molecule has 2 aromatic heterocycles. The van der Waals surface area contributed by atoms with Gasteiger partial charge in [0.2, 0.25) is 0 Å². The molecule has 4 aromatic rings. The summed E-state index contributed by atoms with van der Waals surface area (Å²) in [6.45, 7) is 1.36. The van der Waals surface area contributed by atoms with Crippen molar-refractivity contribution in [2.45, 2.75) is 18.4 Å². The minimum absolute atomic E-state index is 0.0574. The quantitative estimate of drug-likeness (QED) is 0.482. The molecule has 0 atom stereocenters. The molecular formula is C24H23N5O2S. The highest BCUT2D eigenvalue weighted by Gasteiger charge is 2.42. The lowest BCUT2D eigenvalue weighted by molar-refractivity contribution is 0.0676. The molecule has 6 rings (SSSR count). The third kappa shape index (κ3) is 2.86. The number of thiazole rings is 1. The van der Waals surface area contributed by atoms with Crippen molar-refractivity contribution in [3.05, 3.63) is 66.0 Å². The van der Waals surface area contributed by atoms with Gasteiger partial charge in [-0.15, -0.1) is 0 Å². The first-order valence-corrected chi connectivity index (χ1v) is 11.5. The van der Waals surface area contributed by atoms with Crippen molar-refractivity contribution in [1.29, 1.82) is 0 Å². The molecule has 1 fully saturated rings. The van der Waals surface area contributed by atoms with Gasteiger partial charge in [0, 0.05) is 36.6 Å². The Balaban J connectivity index is 1.27. The molecule has 0 bridgehead atoms. The number of likely N-dealkylation sites (tertiary alicyclic amines) is 1. The predicted molar refractivity (Wildman–Crippen MR) is 127 cm³/mol. The SMILES string of the molecule is COc1ccc2c(c1)NC1(CCN(C(=O)c3ccc4nc(N)sc4c3)CC1)c1cccn1-2. The molecular weight excluding hydrogens is 422 g/mol. The number of ether oxygens (including phenoxy) is 1. The number of nitrogens with two attached hydrogens (primary N) is 1. The molecule has 0 unspecified atom stereocenters. The lowest BCUT2D eigenvalue weighted by Gasteiger charge is -2.46. The van der Waals surface area contributed by atoms with Crippen LogP contribution in [0, 0.1) is 0 Å². The first-order chi connectivity index (χ1) is 15.6. The Bertz CT molecular complexity index is 1350. The second-order valence-corrected chi connectivity index (χ2v) is 9.44. The van der Waals surface area contributed by atoms with Gasteiger partial charge in [-0.25, -0.2) is 4.98 Å². The van der Waals surface area contributed by atoms with Crippen LogP contribution in [0.5, 0.6) is 5.75 Å². The van der Waals surface area contributed by atoms with Gasteiger partial charge >= 0.3 is 0 Å². The number of piperidine rings is 1. The lowest BCUT2D eigenvalue weighted by Crippen LogP contribution is -2.51. The molecule has 2 aliphatic heterocycles. The van der Waals surface area contributed by atoms with Crippen LogP contribution in [0.25, 0.3) is 15.9 Å². The van der Waals surface area contributed by atoms with Crippen molar-refractivity contribution < 1.29 is 9.53 Å². The fraction of sp³-hybridized carbons (Fsp3) is 0.250. The predicted octanol–water partition coefficient (Wildman–Crippen LogP) is 4.23. The van der Waals surface area contributed by atoms with E-state index in [0.29, 0.717) is 23.8 Å². The number of nitrogen functional groups attached to an aromatic ring is 1. The molecule has 0 radical (unpaired) electrons. The molecule has 2 aromatic carbocycles. The molecule has 0 saturated carbocycles. The van der Waals surface area contributed by atoms with Crippen LogP contribution in [0.15, 0.2) is 54.7 Å². The maximum Gasteiger partial charge on any atom is 0.253 e. The highest BCUT2D eigenvalue weighted by molar-refractivity contribution is 7.22. The standard InChI is InChI=1S/C24H23N5O2S/c1-31-16-5-7-19-18(14-16)27-24(21-3-2-10-29(19)21)8-11-28(12-9-24)22(30)15-4-6-17-20(13-15)32-23(25)26-17/h2-7,10,13-14,27H,8-9,11-12H2,1H3,(H2,25,26). The number of nitrogens with zero attached hydrogens (tertiary/aromatic N) is 3. The molecule has 8 heteroatoms. The Morgan fingerprint density at radius 2 is 2.03 bits per heavy atom. The number of anilines is 2. The van der Waals surface area contributed by atoms with E-state index in [-0.39, 0.29) is 11.4 Å². The Morgan fingerprint density at radius 1 is 1.19 bits per heavy atom. The number of fused-ring (bicyclic) bond motifs is 5. The summed E-state index contributed by atoms with van der Waals surface area (Å²) < 4.78 is 8.64. The molecule has 0 aliphatic carbocycles. The summed E-state index contributed by atoms with van der Waals surface area (Å²) in [6.07, 6.45) is 3.76. The maximum absolute atomic E-state index is 13.2. The second-order valence-electron chi connectivity index (χ2n) is 8.38. The lowest BCUT2D eigenvalue weighted by atomic mass is 9.82. The van der Waals surface area contributed by atoms with E-state index in [2.05, 4.69) is 39.3 Å². The number of methoxy groups -OCH3 is 1. The van der Waals surface area contributed by atoms with E-state index in [1.165, 1.54) is 17.0 Å². The van der Waals surface area contributed by atoms with E-state index in [0.717, 1.165) is 40.2 Å². The Kier molecular flexibility index (Phi) is 4.19. The maximum atomic E-state index is 13.2. The van der Waals surface area contributed by atoms with Crippen LogP contribution >= 0.6 is 11.3 Å². The minimum atomic E-state index is -0.213. The van der Waals surface area contributed by atoms with E-state index in [1.807, 2.05) is 35.2 Å². The van der Waals surface area contributed by atoms with Gasteiger partial charge in [-0.05, 0) is 55.3 Å². The van der Waals surface area contributed by atoms with Gasteiger partial charge in [0.15, 0.2) is 5.13 Å². The Labute approximate surface area is 189 Å². The molecule has 2 aliphatic rings. The largest absolute Gasteiger partial charge is 0.497 e. The van der Waals surface area contributed by atoms with Crippen molar-refractivity contribution in [2.75, 3.05) is 31.2 Å². The van der Waals surface area contributed by atoms with Gasteiger partial charge in [-0.1, -0.05) is 11.3 Å². The number of carbonyl (C=O) groups is 1. The number of carbonyl (C=O) groups excluding carboxylic acids is 1. The van der Waals surface area contributed by atoms with Crippen molar-refractivity contribution in [3.63, 3.8) is 0 Å². The summed E-state index contributed by atoms with van der Waals surface area (Å²) in [5.41, 5.74) is 10.5. The van der Waals surface area contributed by atoms with Crippen LogP contribution < -0.4 is 15.8 Å². The molecule has 7 nitrogen and oxygen atoms in total. The van der Waals surface area contributed by atoms with Crippen molar-refractivity contribution in [2.24, 2.45) is 0 Å². The summed E-state index contributed by atoms with van der Waals surface area (Å²) in [7, 11) is 1.68. The topological polar surface area (TPSA) is 85.4 Å². The Morgan fingerprint density at radius 3 is 2.84 bits per heavy atom. The van der Waals surface area contributed by atoms with Crippen LogP contribution in [0.2, 0.25) is 0 Å². The zero-order chi connectivity index (χ0) is 21.9. The zero-order valence-electron chi connectivity index (χ0n) is 17.7. The third-order valence-electron chi connectivity index (χ3n) is 6.63. The molecule has 1 saturated heterocycles. The van der Waals surface area contributed by atoms with Crippen LogP contribution in [-0.4, -0.2) is 40.6 Å². The monoisotopic (exact) mass is 445 g/mol. The first-order valence-electron chi connectivity index (χ1n) is 10.7. The molecule has 4 heterocycles. The van der Waals surface area contributed by atoms with Gasteiger partial charge in [0.25, 0.3) is 5.91 Å². The van der Waals surface area contributed by atoms with Gasteiger partial charge in [0.05, 0.1) is 34.2 Å². The number of benzene rings is 2.